The van der Waals surface area contributed by atoms with Gasteiger partial charge in [-0.1, -0.05) is 249 Å². The third kappa shape index (κ3) is 6.86. The van der Waals surface area contributed by atoms with E-state index in [0.29, 0.717) is 0 Å². The molecule has 0 aromatic heterocycles. The van der Waals surface area contributed by atoms with E-state index in [0.717, 1.165) is 22.6 Å². The maximum Gasteiger partial charge on any atom is 0.0713 e. The van der Waals surface area contributed by atoms with Gasteiger partial charge in [-0.3, -0.25) is 0 Å². The molecule has 328 valence electrons. The van der Waals surface area contributed by atoms with Crippen molar-refractivity contribution in [2.24, 2.45) is 0 Å². The van der Waals surface area contributed by atoms with Crippen LogP contribution >= 0.6 is 0 Å². The lowest BCUT2D eigenvalue weighted by atomic mass is 9.63. The number of fused-ring (bicyclic) bond motifs is 7. The van der Waals surface area contributed by atoms with Gasteiger partial charge in [0, 0.05) is 17.1 Å². The molecule has 1 heteroatoms. The highest BCUT2D eigenvalue weighted by molar-refractivity contribution is 5.99. The molecule has 0 fully saturated rings. The monoisotopic (exact) mass is 889 g/mol. The van der Waals surface area contributed by atoms with Gasteiger partial charge in [0.1, 0.15) is 0 Å². The Morgan fingerprint density at radius 2 is 0.543 bits per heavy atom. The van der Waals surface area contributed by atoms with Crippen LogP contribution < -0.4 is 4.90 Å². The molecule has 70 heavy (non-hydrogen) atoms. The van der Waals surface area contributed by atoms with Crippen molar-refractivity contribution < 1.29 is 0 Å². The van der Waals surface area contributed by atoms with Crippen molar-refractivity contribution in [2.45, 2.75) is 5.41 Å². The predicted octanol–water partition coefficient (Wildman–Crippen LogP) is 18.5. The average Bonchev–Trinajstić information content (AvgIpc) is 3.55. The molecule has 0 spiro atoms. The van der Waals surface area contributed by atoms with Crippen molar-refractivity contribution >= 4 is 38.6 Å². The molecule has 1 aliphatic rings. The number of rotatable bonds is 8. The molecule has 12 aromatic carbocycles. The zero-order valence-electron chi connectivity index (χ0n) is 38.6. The number of hydrogen-bond acceptors (Lipinski definition) is 1. The molecule has 12 aromatic rings. The van der Waals surface area contributed by atoms with E-state index < -0.39 is 5.41 Å². The van der Waals surface area contributed by atoms with Gasteiger partial charge in [0.25, 0.3) is 0 Å². The van der Waals surface area contributed by atoms with Gasteiger partial charge in [-0.15, -0.1) is 0 Å². The molecule has 1 aliphatic carbocycles. The van der Waals surface area contributed by atoms with Gasteiger partial charge < -0.3 is 4.90 Å². The smallest absolute Gasteiger partial charge is 0.0713 e. The summed E-state index contributed by atoms with van der Waals surface area (Å²) in [6, 6.07) is 105. The summed E-state index contributed by atoms with van der Waals surface area (Å²) in [5.74, 6) is 0. The van der Waals surface area contributed by atoms with Crippen molar-refractivity contribution in [3.63, 3.8) is 0 Å². The Hall–Kier alpha value is -9.04. The largest absolute Gasteiger partial charge is 0.311 e. The van der Waals surface area contributed by atoms with E-state index in [9.17, 15) is 0 Å². The van der Waals surface area contributed by atoms with E-state index in [-0.39, 0.29) is 0 Å². The zero-order chi connectivity index (χ0) is 46.4. The highest BCUT2D eigenvalue weighted by atomic mass is 15.1. The van der Waals surface area contributed by atoms with Crippen LogP contribution in [-0.4, -0.2) is 0 Å². The minimum atomic E-state index is -0.567. The van der Waals surface area contributed by atoms with E-state index >= 15 is 0 Å². The van der Waals surface area contributed by atoms with Crippen LogP contribution in [0, 0.1) is 0 Å². The molecule has 0 atom stereocenters. The van der Waals surface area contributed by atoms with Crippen molar-refractivity contribution in [1.29, 1.82) is 0 Å². The molecule has 0 saturated carbocycles. The van der Waals surface area contributed by atoms with E-state index in [2.05, 4.69) is 290 Å². The van der Waals surface area contributed by atoms with E-state index in [1.807, 2.05) is 0 Å². The number of hydrogen-bond donors (Lipinski definition) is 0. The predicted molar refractivity (Wildman–Crippen MR) is 295 cm³/mol. The first-order chi connectivity index (χ1) is 34.7. The van der Waals surface area contributed by atoms with Crippen molar-refractivity contribution in [3.8, 4) is 55.6 Å². The maximum absolute atomic E-state index is 2.37. The SMILES string of the molecule is c1ccc(C2(c3ccc(-c4ccc(N(c5ccc(-c6cccc7ccccc67)cc5)c5ccc(-c6cccc7ccccc67)cc5)cc4)cc3)c3ccccc3-c3ccccc3-c3ccccc32)cc1. The number of nitrogens with zero attached hydrogens (tertiary/aromatic N) is 1. The topological polar surface area (TPSA) is 3.24 Å². The second-order valence-electron chi connectivity index (χ2n) is 18.4. The van der Waals surface area contributed by atoms with Gasteiger partial charge in [-0.2, -0.15) is 0 Å². The molecule has 0 unspecified atom stereocenters. The summed E-state index contributed by atoms with van der Waals surface area (Å²) in [6.45, 7) is 0. The van der Waals surface area contributed by atoms with Crippen LogP contribution in [-0.2, 0) is 5.41 Å². The third-order valence-electron chi connectivity index (χ3n) is 14.6. The molecule has 0 aliphatic heterocycles. The third-order valence-corrected chi connectivity index (χ3v) is 14.6. The minimum Gasteiger partial charge on any atom is -0.311 e. The Morgan fingerprint density at radius 3 is 1.01 bits per heavy atom. The fraction of sp³-hybridized carbons (Fsp3) is 0.0145. The molecule has 1 nitrogen and oxygen atoms in total. The summed E-state index contributed by atoms with van der Waals surface area (Å²) >= 11 is 0. The maximum atomic E-state index is 2.37. The van der Waals surface area contributed by atoms with Crippen LogP contribution in [0.15, 0.2) is 285 Å². The van der Waals surface area contributed by atoms with Gasteiger partial charge in [-0.05, 0) is 136 Å². The summed E-state index contributed by atoms with van der Waals surface area (Å²) in [5, 5.41) is 5.00. The first kappa shape index (κ1) is 41.2. The second-order valence-corrected chi connectivity index (χ2v) is 18.4. The molecule has 0 saturated heterocycles. The van der Waals surface area contributed by atoms with Gasteiger partial charge in [0.15, 0.2) is 0 Å². The highest BCUT2D eigenvalue weighted by Gasteiger charge is 2.43. The fourth-order valence-electron chi connectivity index (χ4n) is 11.4. The quantitative estimate of drug-likeness (QED) is 0.147. The van der Waals surface area contributed by atoms with E-state index in [4.69, 9.17) is 0 Å². The first-order valence-electron chi connectivity index (χ1n) is 24.2. The number of anilines is 3. The van der Waals surface area contributed by atoms with E-state index in [1.54, 1.807) is 0 Å². The molecule has 0 N–H and O–H groups in total. The van der Waals surface area contributed by atoms with Gasteiger partial charge in [0.05, 0.1) is 5.41 Å². The minimum absolute atomic E-state index is 0.567. The molecule has 0 amide bonds. The lowest BCUT2D eigenvalue weighted by molar-refractivity contribution is 0.751. The molecule has 0 heterocycles. The van der Waals surface area contributed by atoms with Gasteiger partial charge in [0.2, 0.25) is 0 Å². The van der Waals surface area contributed by atoms with Crippen LogP contribution in [0.4, 0.5) is 17.1 Å². The van der Waals surface area contributed by atoms with Gasteiger partial charge >= 0.3 is 0 Å². The van der Waals surface area contributed by atoms with Crippen molar-refractivity contribution in [1.82, 2.24) is 0 Å². The number of benzene rings is 12. The van der Waals surface area contributed by atoms with Crippen LogP contribution in [0.2, 0.25) is 0 Å². The van der Waals surface area contributed by atoms with Crippen molar-refractivity contribution in [3.05, 3.63) is 307 Å². The standard InChI is InChI=1S/C69H47N/c1-2-20-54(21-3-1)69(67-30-12-10-26-65(67)63-24-8-9-25-64(63)66-27-11-13-31-68(66)69)55-40-32-48(33-41-55)49-34-42-56(43-35-49)70(57-44-36-52(37-45-57)61-28-14-18-50-16-4-6-22-59(50)61)58-46-38-53(39-47-58)62-29-15-19-51-17-5-7-23-60(51)62/h1-47H. The Labute approximate surface area is 409 Å². The zero-order valence-corrected chi connectivity index (χ0v) is 38.6. The lowest BCUT2D eigenvalue weighted by Crippen LogP contribution is -2.31. The van der Waals surface area contributed by atoms with Crippen LogP contribution in [0.25, 0.3) is 77.2 Å². The van der Waals surface area contributed by atoms with Gasteiger partial charge in [-0.25, -0.2) is 0 Å². The Morgan fingerprint density at radius 1 is 0.214 bits per heavy atom. The Bertz CT molecular complexity index is 3650. The van der Waals surface area contributed by atoms with E-state index in [1.165, 1.54) is 93.9 Å². The molecular formula is C69H47N. The molecule has 0 radical (unpaired) electrons. The second kappa shape index (κ2) is 17.2. The Balaban J connectivity index is 0.897. The van der Waals surface area contributed by atoms with Crippen LogP contribution in [0.1, 0.15) is 22.3 Å². The normalized spacial score (nSPS) is 12.4. The highest BCUT2D eigenvalue weighted by Crippen LogP contribution is 2.55. The van der Waals surface area contributed by atoms with Crippen LogP contribution in [0.3, 0.4) is 0 Å². The summed E-state index contributed by atoms with van der Waals surface area (Å²) in [7, 11) is 0. The molecular weight excluding hydrogens is 843 g/mol. The fourth-order valence-corrected chi connectivity index (χ4v) is 11.4. The average molecular weight is 890 g/mol. The Kier molecular flexibility index (Phi) is 10.1. The summed E-state index contributed by atoms with van der Waals surface area (Å²) in [4.78, 5) is 2.37. The molecule has 13 rings (SSSR count). The first-order valence-corrected chi connectivity index (χ1v) is 24.2. The summed E-state index contributed by atoms with van der Waals surface area (Å²) in [6.07, 6.45) is 0. The van der Waals surface area contributed by atoms with Crippen LogP contribution in [0.5, 0.6) is 0 Å². The lowest BCUT2D eigenvalue weighted by Gasteiger charge is -2.38. The summed E-state index contributed by atoms with van der Waals surface area (Å²) in [5.41, 5.74) is 20.0. The van der Waals surface area contributed by atoms with Crippen molar-refractivity contribution in [2.75, 3.05) is 4.90 Å². The molecule has 0 bridgehead atoms. The summed E-state index contributed by atoms with van der Waals surface area (Å²) < 4.78 is 0.